The molecule has 2 heterocycles. The third kappa shape index (κ3) is 5.95. The topological polar surface area (TPSA) is 114 Å². The number of carbonyl (C=O) groups excluding carboxylic acids is 2. The van der Waals surface area contributed by atoms with E-state index in [1.807, 2.05) is 42.1 Å². The number of nitrogens with zero attached hydrogens (tertiary/aromatic N) is 2. The van der Waals surface area contributed by atoms with Gasteiger partial charge in [0, 0.05) is 42.6 Å². The van der Waals surface area contributed by atoms with Crippen LogP contribution in [-0.2, 0) is 29.5 Å². The Kier molecular flexibility index (Phi) is 8.46. The highest BCUT2D eigenvalue weighted by molar-refractivity contribution is 6.01. The number of carbonyl (C=O) groups is 3. The van der Waals surface area contributed by atoms with E-state index < -0.39 is 47.2 Å². The van der Waals surface area contributed by atoms with Gasteiger partial charge in [0.2, 0.25) is 11.8 Å². The molecule has 0 radical (unpaired) electrons. The van der Waals surface area contributed by atoms with E-state index >= 15 is 0 Å². The van der Waals surface area contributed by atoms with Gasteiger partial charge in [-0.2, -0.15) is 0 Å². The molecule has 2 N–H and O–H groups in total. The van der Waals surface area contributed by atoms with Crippen molar-refractivity contribution >= 4 is 28.6 Å². The average Bonchev–Trinajstić information content (AvgIpc) is 3.43. The molecular weight excluding hydrogens is 520 g/mol. The smallest absolute Gasteiger partial charge is 0.358 e. The second-order valence-electron chi connectivity index (χ2n) is 10.2. The molecule has 2 aromatic heterocycles. The molecule has 210 valence electrons. The Morgan fingerprint density at radius 1 is 1.07 bits per heavy atom. The van der Waals surface area contributed by atoms with E-state index in [0.29, 0.717) is 0 Å². The normalized spacial score (nSPS) is 13.0. The molecule has 2 atom stereocenters. The maximum atomic E-state index is 14.1. The van der Waals surface area contributed by atoms with Crippen LogP contribution in [0.25, 0.3) is 10.9 Å². The number of aromatic carboxylic acids is 1. The molecular formula is C30H31F2N3O5. The highest BCUT2D eigenvalue weighted by atomic mass is 19.1. The SMILES string of the molecule is Cc1oc([C@@H](Cc2cn(C)c3ccccc23)NC(=O)[C@H](C(=O)CCc2c(F)cccc2F)C(C)C)nc1C(=O)O. The number of aryl methyl sites for hydroxylation is 2. The first kappa shape index (κ1) is 28.7. The summed E-state index contributed by atoms with van der Waals surface area (Å²) in [4.78, 5) is 42.5. The molecule has 8 nitrogen and oxygen atoms in total. The maximum absolute atomic E-state index is 14.1. The molecule has 0 aliphatic carbocycles. The Bertz CT molecular complexity index is 1550. The zero-order chi connectivity index (χ0) is 29.1. The number of oxazole rings is 1. The van der Waals surface area contributed by atoms with Gasteiger partial charge in [0.15, 0.2) is 5.69 Å². The first-order chi connectivity index (χ1) is 19.0. The summed E-state index contributed by atoms with van der Waals surface area (Å²) in [6, 6.07) is 10.3. The van der Waals surface area contributed by atoms with Crippen LogP contribution < -0.4 is 5.32 Å². The van der Waals surface area contributed by atoms with E-state index in [1.54, 1.807) is 13.8 Å². The minimum absolute atomic E-state index is 0.000401. The Morgan fingerprint density at radius 3 is 2.38 bits per heavy atom. The van der Waals surface area contributed by atoms with Crippen molar-refractivity contribution in [2.24, 2.45) is 18.9 Å². The zero-order valence-electron chi connectivity index (χ0n) is 22.7. The van der Waals surface area contributed by atoms with E-state index in [2.05, 4.69) is 10.3 Å². The summed E-state index contributed by atoms with van der Waals surface area (Å²) >= 11 is 0. The lowest BCUT2D eigenvalue weighted by molar-refractivity contribution is -0.136. The Balaban J connectivity index is 1.62. The van der Waals surface area contributed by atoms with Crippen molar-refractivity contribution in [3.8, 4) is 0 Å². The van der Waals surface area contributed by atoms with Gasteiger partial charge in [0.1, 0.15) is 29.2 Å². The van der Waals surface area contributed by atoms with Crippen molar-refractivity contribution in [2.75, 3.05) is 0 Å². The highest BCUT2D eigenvalue weighted by Crippen LogP contribution is 2.28. The average molecular weight is 552 g/mol. The number of benzene rings is 2. The lowest BCUT2D eigenvalue weighted by Crippen LogP contribution is -2.41. The number of carboxylic acid groups (broad SMARTS) is 1. The van der Waals surface area contributed by atoms with Crippen LogP contribution in [0.2, 0.25) is 0 Å². The van der Waals surface area contributed by atoms with E-state index in [0.717, 1.165) is 28.6 Å². The fourth-order valence-electron chi connectivity index (χ4n) is 5.03. The molecule has 0 fully saturated rings. The summed E-state index contributed by atoms with van der Waals surface area (Å²) in [5, 5.41) is 13.3. The molecule has 0 bridgehead atoms. The van der Waals surface area contributed by atoms with E-state index in [4.69, 9.17) is 4.42 Å². The molecule has 4 aromatic rings. The third-order valence-corrected chi connectivity index (χ3v) is 7.01. The molecule has 1 amide bonds. The number of nitrogens with one attached hydrogen (secondary N) is 1. The summed E-state index contributed by atoms with van der Waals surface area (Å²) in [6.07, 6.45) is 1.70. The number of hydrogen-bond donors (Lipinski definition) is 2. The number of rotatable bonds is 11. The van der Waals surface area contributed by atoms with E-state index in [-0.39, 0.29) is 42.2 Å². The van der Waals surface area contributed by atoms with Gasteiger partial charge in [-0.25, -0.2) is 18.6 Å². The second kappa shape index (κ2) is 11.8. The van der Waals surface area contributed by atoms with Gasteiger partial charge in [-0.05, 0) is 43.0 Å². The highest BCUT2D eigenvalue weighted by Gasteiger charge is 2.33. The van der Waals surface area contributed by atoms with Gasteiger partial charge in [-0.1, -0.05) is 38.1 Å². The Hall–Kier alpha value is -4.34. The van der Waals surface area contributed by atoms with Crippen LogP contribution in [0.4, 0.5) is 8.78 Å². The molecule has 2 aromatic carbocycles. The molecule has 0 saturated heterocycles. The monoisotopic (exact) mass is 551 g/mol. The second-order valence-corrected chi connectivity index (χ2v) is 10.2. The number of amides is 1. The summed E-state index contributed by atoms with van der Waals surface area (Å²) in [6.45, 7) is 4.89. The minimum Gasteiger partial charge on any atom is -0.476 e. The molecule has 0 spiro atoms. The molecule has 10 heteroatoms. The van der Waals surface area contributed by atoms with E-state index in [9.17, 15) is 28.3 Å². The number of fused-ring (bicyclic) bond motifs is 1. The Labute approximate surface area is 230 Å². The van der Waals surface area contributed by atoms with Gasteiger partial charge < -0.3 is 19.4 Å². The summed E-state index contributed by atoms with van der Waals surface area (Å²) < 4.78 is 35.8. The fraction of sp³-hybridized carbons (Fsp3) is 0.333. The fourth-order valence-corrected chi connectivity index (χ4v) is 5.03. The standard InChI is InChI=1S/C30H31F2N3O5/c1-16(2)26(25(36)13-12-20-21(31)9-7-10-22(20)32)28(37)33-23(29-34-27(30(38)39)17(3)40-29)14-18-15-35(4)24-11-6-5-8-19(18)24/h5-11,15-16,23,26H,12-14H2,1-4H3,(H,33,37)(H,38,39)/t23-,26+/m1/s1. The minimum atomic E-state index is -1.27. The predicted octanol–water partition coefficient (Wildman–Crippen LogP) is 5.33. The number of para-hydroxylation sites is 1. The molecule has 0 saturated carbocycles. The van der Waals surface area contributed by atoms with Gasteiger partial charge in [-0.15, -0.1) is 0 Å². The van der Waals surface area contributed by atoms with E-state index in [1.165, 1.54) is 13.0 Å². The molecule has 40 heavy (non-hydrogen) atoms. The lowest BCUT2D eigenvalue weighted by Gasteiger charge is -2.23. The predicted molar refractivity (Wildman–Crippen MR) is 144 cm³/mol. The van der Waals surface area contributed by atoms with Crippen molar-refractivity contribution in [1.82, 2.24) is 14.9 Å². The van der Waals surface area contributed by atoms with Crippen LogP contribution in [0.3, 0.4) is 0 Å². The van der Waals surface area contributed by atoms with Crippen molar-refractivity contribution < 1.29 is 32.7 Å². The summed E-state index contributed by atoms with van der Waals surface area (Å²) in [5.41, 5.74) is 1.35. The van der Waals surface area contributed by atoms with Crippen LogP contribution in [0, 0.1) is 30.4 Å². The first-order valence-electron chi connectivity index (χ1n) is 13.0. The quantitative estimate of drug-likeness (QED) is 0.244. The zero-order valence-corrected chi connectivity index (χ0v) is 22.7. The summed E-state index contributed by atoms with van der Waals surface area (Å²) in [5.74, 6) is -5.28. The van der Waals surface area contributed by atoms with Crippen molar-refractivity contribution in [1.29, 1.82) is 0 Å². The molecule has 0 aliphatic heterocycles. The number of Topliss-reactive ketones (excluding diaryl/α,β-unsaturated/α-hetero) is 1. The number of carboxylic acids is 1. The van der Waals surface area contributed by atoms with Crippen LogP contribution in [0.15, 0.2) is 53.1 Å². The van der Waals surface area contributed by atoms with Crippen LogP contribution in [0.5, 0.6) is 0 Å². The number of aromatic nitrogens is 2. The first-order valence-corrected chi connectivity index (χ1v) is 13.0. The maximum Gasteiger partial charge on any atom is 0.358 e. The Morgan fingerprint density at radius 2 is 1.75 bits per heavy atom. The number of hydrogen-bond acceptors (Lipinski definition) is 5. The summed E-state index contributed by atoms with van der Waals surface area (Å²) in [7, 11) is 1.89. The molecule has 4 rings (SSSR count). The van der Waals surface area contributed by atoms with Crippen LogP contribution in [0.1, 0.15) is 59.6 Å². The van der Waals surface area contributed by atoms with Crippen molar-refractivity contribution in [3.63, 3.8) is 0 Å². The van der Waals surface area contributed by atoms with Gasteiger partial charge >= 0.3 is 5.97 Å². The van der Waals surface area contributed by atoms with Gasteiger partial charge in [-0.3, -0.25) is 9.59 Å². The molecule has 0 unspecified atom stereocenters. The van der Waals surface area contributed by atoms with Crippen molar-refractivity contribution in [2.45, 2.75) is 46.1 Å². The van der Waals surface area contributed by atoms with Gasteiger partial charge in [0.25, 0.3) is 0 Å². The number of ketones is 1. The third-order valence-electron chi connectivity index (χ3n) is 7.01. The van der Waals surface area contributed by atoms with Gasteiger partial charge in [0.05, 0.1) is 5.92 Å². The molecule has 0 aliphatic rings. The van der Waals surface area contributed by atoms with Crippen LogP contribution in [-0.4, -0.2) is 32.3 Å². The van der Waals surface area contributed by atoms with Crippen LogP contribution >= 0.6 is 0 Å². The van der Waals surface area contributed by atoms with Crippen molar-refractivity contribution in [3.05, 3.63) is 88.8 Å². The lowest BCUT2D eigenvalue weighted by atomic mass is 9.87. The largest absolute Gasteiger partial charge is 0.476 e. The number of halogens is 2.